The van der Waals surface area contributed by atoms with Crippen molar-refractivity contribution in [1.82, 2.24) is 4.98 Å². The maximum absolute atomic E-state index is 14.0. The number of carbonyl (C=O) groups is 1. The van der Waals surface area contributed by atoms with E-state index in [1.807, 2.05) is 12.1 Å². The van der Waals surface area contributed by atoms with E-state index in [0.29, 0.717) is 42.6 Å². The number of rotatable bonds is 18. The molecule has 0 spiro atoms. The number of aromatic nitrogens is 1. The molecule has 0 aromatic carbocycles. The van der Waals surface area contributed by atoms with Crippen LogP contribution >= 0.6 is 11.3 Å². The molecular formula is C29H46N2O4S. The second-order valence-corrected chi connectivity index (χ2v) is 11.2. The van der Waals surface area contributed by atoms with E-state index in [9.17, 15) is 4.79 Å². The number of Topliss-reactive ketones (excluding diaryl/α,β-unsaturated/α-hetero) is 1. The highest BCUT2D eigenvalue weighted by Gasteiger charge is 2.45. The van der Waals surface area contributed by atoms with Crippen LogP contribution in [0.2, 0.25) is 0 Å². The van der Waals surface area contributed by atoms with Gasteiger partial charge in [0.25, 0.3) is 0 Å². The Morgan fingerprint density at radius 3 is 2.22 bits per heavy atom. The van der Waals surface area contributed by atoms with Gasteiger partial charge < -0.3 is 19.6 Å². The fourth-order valence-electron chi connectivity index (χ4n) is 5.32. The molecule has 6 nitrogen and oxygen atoms in total. The minimum atomic E-state index is -0.806. The van der Waals surface area contributed by atoms with E-state index in [1.54, 1.807) is 13.4 Å². The summed E-state index contributed by atoms with van der Waals surface area (Å²) in [6.45, 7) is 3.35. The van der Waals surface area contributed by atoms with Gasteiger partial charge in [-0.25, -0.2) is 4.98 Å². The summed E-state index contributed by atoms with van der Waals surface area (Å²) < 4.78 is 17.1. The molecule has 1 fully saturated rings. The summed E-state index contributed by atoms with van der Waals surface area (Å²) in [6.07, 6.45) is 19.1. The second kappa shape index (κ2) is 15.5. The Morgan fingerprint density at radius 2 is 1.67 bits per heavy atom. The zero-order valence-corrected chi connectivity index (χ0v) is 23.2. The summed E-state index contributed by atoms with van der Waals surface area (Å²) in [5.41, 5.74) is 6.03. The number of nitrogens with two attached hydrogens (primary N) is 1. The van der Waals surface area contributed by atoms with Crippen molar-refractivity contribution in [3.8, 4) is 11.5 Å². The van der Waals surface area contributed by atoms with Crippen LogP contribution in [0.15, 0.2) is 22.8 Å². The van der Waals surface area contributed by atoms with Crippen molar-refractivity contribution in [2.45, 2.75) is 115 Å². The van der Waals surface area contributed by atoms with Crippen molar-refractivity contribution >= 4 is 22.3 Å². The van der Waals surface area contributed by atoms with E-state index >= 15 is 0 Å². The average Bonchev–Trinajstić information content (AvgIpc) is 3.57. The number of furan rings is 1. The molecule has 0 radical (unpaired) electrons. The Bertz CT molecular complexity index is 874. The molecule has 7 heteroatoms. The monoisotopic (exact) mass is 518 g/mol. The summed E-state index contributed by atoms with van der Waals surface area (Å²) in [5.74, 6) is 0.484. The number of ether oxygens (including phenoxy) is 2. The molecule has 0 bridgehead atoms. The van der Waals surface area contributed by atoms with Gasteiger partial charge in [0.1, 0.15) is 11.3 Å². The van der Waals surface area contributed by atoms with Gasteiger partial charge in [-0.2, -0.15) is 0 Å². The van der Waals surface area contributed by atoms with Gasteiger partial charge in [0, 0.05) is 38.0 Å². The zero-order valence-electron chi connectivity index (χ0n) is 22.4. The highest BCUT2D eigenvalue weighted by molar-refractivity contribution is 7.16. The van der Waals surface area contributed by atoms with Crippen LogP contribution in [0.25, 0.3) is 11.5 Å². The quantitative estimate of drug-likeness (QED) is 0.202. The summed E-state index contributed by atoms with van der Waals surface area (Å²) in [7, 11) is 1.65. The molecule has 1 aliphatic rings. The Balaban J connectivity index is 1.57. The fourth-order valence-corrected chi connectivity index (χ4v) is 6.29. The maximum atomic E-state index is 14.0. The topological polar surface area (TPSA) is 87.6 Å². The summed E-state index contributed by atoms with van der Waals surface area (Å²) in [4.78, 5) is 19.5. The third-order valence-corrected chi connectivity index (χ3v) is 8.54. The largest absolute Gasteiger partial charge is 0.463 e. The molecule has 202 valence electrons. The van der Waals surface area contributed by atoms with Gasteiger partial charge in [-0.3, -0.25) is 4.79 Å². The number of methoxy groups -OCH3 is 1. The molecule has 1 saturated heterocycles. The standard InChI is InChI=1S/C29H46N2O4S/c1-3-4-5-6-7-8-9-10-11-12-13-14-16-23(27(32)29(33-2)18-21-34-22-19-29)26-25(31-28(30)36-26)24-17-15-20-35-24/h15,17,20,23H,3-14,16,18-19,21-22H2,1-2H3,(H2,30,31). The van der Waals surface area contributed by atoms with Gasteiger partial charge in [0.15, 0.2) is 16.7 Å². The normalized spacial score (nSPS) is 16.3. The highest BCUT2D eigenvalue weighted by atomic mass is 32.1. The summed E-state index contributed by atoms with van der Waals surface area (Å²) in [6, 6.07) is 3.72. The van der Waals surface area contributed by atoms with Crippen LogP contribution in [0.3, 0.4) is 0 Å². The van der Waals surface area contributed by atoms with E-state index in [2.05, 4.69) is 11.9 Å². The van der Waals surface area contributed by atoms with Crippen LogP contribution in [-0.4, -0.2) is 36.7 Å². The summed E-state index contributed by atoms with van der Waals surface area (Å²) in [5, 5.41) is 0.460. The Hall–Kier alpha value is -1.70. The van der Waals surface area contributed by atoms with Gasteiger partial charge in [-0.05, 0) is 18.6 Å². The second-order valence-electron chi connectivity index (χ2n) is 10.1. The zero-order chi connectivity index (χ0) is 25.6. The Labute approximate surface area is 221 Å². The minimum Gasteiger partial charge on any atom is -0.463 e. The number of nitrogen functional groups attached to an aromatic ring is 1. The molecule has 0 amide bonds. The number of hydrogen-bond donors (Lipinski definition) is 1. The van der Waals surface area contributed by atoms with E-state index < -0.39 is 5.60 Å². The number of thiazole rings is 1. The number of nitrogens with zero attached hydrogens (tertiary/aromatic N) is 1. The molecule has 0 aliphatic carbocycles. The van der Waals surface area contributed by atoms with Crippen molar-refractivity contribution in [3.05, 3.63) is 23.3 Å². The van der Waals surface area contributed by atoms with Crippen LogP contribution in [-0.2, 0) is 14.3 Å². The first-order chi connectivity index (χ1) is 17.6. The lowest BCUT2D eigenvalue weighted by molar-refractivity contribution is -0.154. The van der Waals surface area contributed by atoms with Gasteiger partial charge in [0.2, 0.25) is 0 Å². The molecule has 3 heterocycles. The molecule has 2 aromatic rings. The van der Waals surface area contributed by atoms with Crippen LogP contribution < -0.4 is 5.73 Å². The number of carbonyl (C=O) groups excluding carboxylic acids is 1. The van der Waals surface area contributed by atoms with Crippen LogP contribution in [0.1, 0.15) is 114 Å². The molecule has 0 saturated carbocycles. The number of ketones is 1. The Kier molecular flexibility index (Phi) is 12.5. The van der Waals surface area contributed by atoms with Crippen LogP contribution in [0.4, 0.5) is 5.13 Å². The fraction of sp³-hybridized carbons (Fsp3) is 0.724. The van der Waals surface area contributed by atoms with Crippen molar-refractivity contribution in [1.29, 1.82) is 0 Å². The average molecular weight is 519 g/mol. The van der Waals surface area contributed by atoms with E-state index in [4.69, 9.17) is 19.6 Å². The highest BCUT2D eigenvalue weighted by Crippen LogP contribution is 2.42. The van der Waals surface area contributed by atoms with Gasteiger partial charge in [-0.15, -0.1) is 11.3 Å². The lowest BCUT2D eigenvalue weighted by Crippen LogP contribution is -2.48. The lowest BCUT2D eigenvalue weighted by atomic mass is 9.79. The molecule has 36 heavy (non-hydrogen) atoms. The molecule has 1 atom stereocenters. The SMILES string of the molecule is CCCCCCCCCCCCCCC(C(=O)C1(OC)CCOCC1)c1sc(N)nc1-c1ccco1. The molecule has 3 rings (SSSR count). The third kappa shape index (κ3) is 8.15. The van der Waals surface area contributed by atoms with Gasteiger partial charge >= 0.3 is 0 Å². The minimum absolute atomic E-state index is 0.132. The third-order valence-electron chi connectivity index (χ3n) is 7.54. The molecule has 2 N–H and O–H groups in total. The van der Waals surface area contributed by atoms with Crippen LogP contribution in [0.5, 0.6) is 0 Å². The molecule has 1 unspecified atom stereocenters. The van der Waals surface area contributed by atoms with Crippen molar-refractivity contribution < 1.29 is 18.7 Å². The first-order valence-electron chi connectivity index (χ1n) is 14.1. The molecular weight excluding hydrogens is 472 g/mol. The van der Waals surface area contributed by atoms with E-state index in [0.717, 1.165) is 24.1 Å². The lowest BCUT2D eigenvalue weighted by Gasteiger charge is -2.37. The maximum Gasteiger partial charge on any atom is 0.180 e. The van der Waals surface area contributed by atoms with Gasteiger partial charge in [0.05, 0.1) is 12.2 Å². The molecule has 1 aliphatic heterocycles. The van der Waals surface area contributed by atoms with Crippen molar-refractivity contribution in [2.75, 3.05) is 26.1 Å². The Morgan fingerprint density at radius 1 is 1.06 bits per heavy atom. The smallest absolute Gasteiger partial charge is 0.180 e. The number of anilines is 1. The first kappa shape index (κ1) is 28.9. The first-order valence-corrected chi connectivity index (χ1v) is 14.9. The van der Waals surface area contributed by atoms with Crippen molar-refractivity contribution in [2.24, 2.45) is 0 Å². The van der Waals surface area contributed by atoms with Crippen LogP contribution in [0, 0.1) is 0 Å². The molecule has 2 aromatic heterocycles. The predicted octanol–water partition coefficient (Wildman–Crippen LogP) is 7.92. The predicted molar refractivity (Wildman–Crippen MR) is 147 cm³/mol. The van der Waals surface area contributed by atoms with Crippen molar-refractivity contribution in [3.63, 3.8) is 0 Å². The number of unbranched alkanes of at least 4 members (excludes halogenated alkanes) is 11. The van der Waals surface area contributed by atoms with Gasteiger partial charge in [-0.1, -0.05) is 84.0 Å². The van der Waals surface area contributed by atoms with E-state index in [-0.39, 0.29) is 11.7 Å². The van der Waals surface area contributed by atoms with E-state index in [1.165, 1.54) is 75.5 Å². The summed E-state index contributed by atoms with van der Waals surface area (Å²) >= 11 is 1.41. The number of hydrogen-bond acceptors (Lipinski definition) is 7.